The SMILES string of the molecule is Cc1ccc(O)c(-n2nc3ccc(OCNc4cccc(NCOc5ccc6nn(-c7cc(C)cc(C)c7O)nc6c5)c4)cc3n2)c1. The van der Waals surface area contributed by atoms with Crippen molar-refractivity contribution in [2.75, 3.05) is 24.1 Å². The molecule has 0 aliphatic heterocycles. The molecule has 12 nitrogen and oxygen atoms in total. The number of fused-ring (bicyclic) bond motifs is 2. The molecular weight excluding hydrogens is 596 g/mol. The molecule has 2 aromatic heterocycles. The Morgan fingerprint density at radius 3 is 1.74 bits per heavy atom. The average molecular weight is 629 g/mol. The number of nitrogens with zero attached hydrogens (tertiary/aromatic N) is 6. The highest BCUT2D eigenvalue weighted by molar-refractivity contribution is 5.77. The quantitative estimate of drug-likeness (QED) is 0.126. The Morgan fingerprint density at radius 2 is 1.13 bits per heavy atom. The summed E-state index contributed by atoms with van der Waals surface area (Å²) in [6.45, 7) is 6.24. The van der Waals surface area contributed by atoms with Crippen LogP contribution in [-0.2, 0) is 0 Å². The fraction of sp³-hybridized carbons (Fsp3) is 0.143. The molecule has 5 aromatic carbocycles. The maximum Gasteiger partial charge on any atom is 0.159 e. The van der Waals surface area contributed by atoms with Crippen molar-refractivity contribution in [3.05, 3.63) is 108 Å². The predicted molar refractivity (Wildman–Crippen MR) is 180 cm³/mol. The van der Waals surface area contributed by atoms with E-state index in [1.54, 1.807) is 6.07 Å². The number of nitrogens with one attached hydrogen (secondary N) is 2. The third kappa shape index (κ3) is 6.29. The molecular formula is C35H32N8O4. The molecule has 0 saturated heterocycles. The standard InChI is InChI=1S/C35H32N8O4/c1-21-7-12-34(44)32(14-21)42-38-28-10-8-26(17-30(28)40-42)46-19-36-24-5-4-6-25(16-24)37-20-47-27-9-11-29-31(18-27)41-43(39-29)33-15-22(2)13-23(3)35(33)45/h4-18,36-37,44-45H,19-20H2,1-3H3. The minimum absolute atomic E-state index is 0.110. The van der Waals surface area contributed by atoms with E-state index in [0.29, 0.717) is 44.9 Å². The van der Waals surface area contributed by atoms with Gasteiger partial charge in [-0.1, -0.05) is 18.2 Å². The van der Waals surface area contributed by atoms with Crippen LogP contribution in [0.1, 0.15) is 16.7 Å². The molecule has 2 heterocycles. The first-order valence-corrected chi connectivity index (χ1v) is 15.0. The Hall–Kier alpha value is -6.30. The lowest BCUT2D eigenvalue weighted by Gasteiger charge is -2.12. The van der Waals surface area contributed by atoms with Crippen LogP contribution in [0.2, 0.25) is 0 Å². The van der Waals surface area contributed by atoms with E-state index in [-0.39, 0.29) is 25.0 Å². The summed E-state index contributed by atoms with van der Waals surface area (Å²) in [6, 6.07) is 27.8. The first-order valence-electron chi connectivity index (χ1n) is 15.0. The van der Waals surface area contributed by atoms with Gasteiger partial charge in [0.15, 0.2) is 13.5 Å². The van der Waals surface area contributed by atoms with Crippen LogP contribution < -0.4 is 20.1 Å². The van der Waals surface area contributed by atoms with Gasteiger partial charge in [-0.15, -0.1) is 30.0 Å². The number of ether oxygens (including phenoxy) is 2. The van der Waals surface area contributed by atoms with Crippen molar-refractivity contribution in [1.29, 1.82) is 0 Å². The lowest BCUT2D eigenvalue weighted by atomic mass is 10.1. The minimum atomic E-state index is 0.110. The lowest BCUT2D eigenvalue weighted by molar-refractivity contribution is 0.347. The molecule has 0 aliphatic carbocycles. The van der Waals surface area contributed by atoms with Crippen molar-refractivity contribution in [3.63, 3.8) is 0 Å². The highest BCUT2D eigenvalue weighted by Gasteiger charge is 2.13. The summed E-state index contributed by atoms with van der Waals surface area (Å²) in [5.74, 6) is 1.54. The van der Waals surface area contributed by atoms with Crippen molar-refractivity contribution in [2.45, 2.75) is 20.8 Å². The van der Waals surface area contributed by atoms with Gasteiger partial charge < -0.3 is 30.3 Å². The molecule has 7 aromatic rings. The van der Waals surface area contributed by atoms with Gasteiger partial charge >= 0.3 is 0 Å². The molecule has 7 rings (SSSR count). The van der Waals surface area contributed by atoms with Gasteiger partial charge in [0.1, 0.15) is 56.4 Å². The van der Waals surface area contributed by atoms with E-state index in [1.807, 2.05) is 106 Å². The van der Waals surface area contributed by atoms with Gasteiger partial charge in [-0.3, -0.25) is 0 Å². The third-order valence-electron chi connectivity index (χ3n) is 7.58. The third-order valence-corrected chi connectivity index (χ3v) is 7.58. The van der Waals surface area contributed by atoms with Crippen molar-refractivity contribution in [2.24, 2.45) is 0 Å². The molecule has 0 bridgehead atoms. The number of hydrogen-bond donors (Lipinski definition) is 4. The number of anilines is 2. The molecule has 0 unspecified atom stereocenters. The number of hydrogen-bond acceptors (Lipinski definition) is 10. The molecule has 0 spiro atoms. The highest BCUT2D eigenvalue weighted by Crippen LogP contribution is 2.28. The maximum absolute atomic E-state index is 10.5. The number of aromatic nitrogens is 6. The molecule has 0 radical (unpaired) electrons. The Morgan fingerprint density at radius 1 is 0.574 bits per heavy atom. The van der Waals surface area contributed by atoms with Gasteiger partial charge in [-0.25, -0.2) is 0 Å². The molecule has 0 aliphatic rings. The Bertz CT molecular complexity index is 2240. The first-order chi connectivity index (χ1) is 22.8. The number of aryl methyl sites for hydroxylation is 3. The van der Waals surface area contributed by atoms with Gasteiger partial charge in [0, 0.05) is 23.5 Å². The summed E-state index contributed by atoms with van der Waals surface area (Å²) < 4.78 is 11.9. The van der Waals surface area contributed by atoms with Crippen molar-refractivity contribution in [3.8, 4) is 34.4 Å². The van der Waals surface area contributed by atoms with E-state index < -0.39 is 0 Å². The van der Waals surface area contributed by atoms with Gasteiger partial charge in [-0.2, -0.15) is 0 Å². The molecule has 0 amide bonds. The zero-order valence-corrected chi connectivity index (χ0v) is 26.0. The summed E-state index contributed by atoms with van der Waals surface area (Å²) in [5, 5.41) is 45.4. The summed E-state index contributed by atoms with van der Waals surface area (Å²) in [4.78, 5) is 2.88. The molecule has 4 N–H and O–H groups in total. The topological polar surface area (TPSA) is 144 Å². The van der Waals surface area contributed by atoms with E-state index in [9.17, 15) is 10.2 Å². The van der Waals surface area contributed by atoms with Crippen LogP contribution in [0, 0.1) is 20.8 Å². The minimum Gasteiger partial charge on any atom is -0.506 e. The van der Waals surface area contributed by atoms with Crippen LogP contribution in [0.4, 0.5) is 11.4 Å². The van der Waals surface area contributed by atoms with Crippen molar-refractivity contribution in [1.82, 2.24) is 30.0 Å². The zero-order chi connectivity index (χ0) is 32.5. The number of phenols is 2. The second-order valence-electron chi connectivity index (χ2n) is 11.2. The first kappa shape index (κ1) is 29.4. The zero-order valence-electron chi connectivity index (χ0n) is 26.0. The van der Waals surface area contributed by atoms with Gasteiger partial charge in [-0.05, 0) is 98.1 Å². The van der Waals surface area contributed by atoms with Crippen molar-refractivity contribution >= 4 is 33.4 Å². The lowest BCUT2D eigenvalue weighted by Crippen LogP contribution is -2.11. The molecule has 0 atom stereocenters. The Balaban J connectivity index is 0.939. The number of aromatic hydroxyl groups is 2. The van der Waals surface area contributed by atoms with Crippen LogP contribution in [0.15, 0.2) is 91.0 Å². The Labute approximate surface area is 269 Å². The van der Waals surface area contributed by atoms with Gasteiger partial charge in [0.05, 0.1) is 0 Å². The number of rotatable bonds is 10. The monoisotopic (exact) mass is 628 g/mol. The summed E-state index contributed by atoms with van der Waals surface area (Å²) in [7, 11) is 0. The van der Waals surface area contributed by atoms with Crippen LogP contribution >= 0.6 is 0 Å². The van der Waals surface area contributed by atoms with E-state index >= 15 is 0 Å². The number of benzene rings is 5. The van der Waals surface area contributed by atoms with Crippen LogP contribution in [0.5, 0.6) is 23.0 Å². The maximum atomic E-state index is 10.5. The largest absolute Gasteiger partial charge is 0.506 e. The van der Waals surface area contributed by atoms with Gasteiger partial charge in [0.25, 0.3) is 0 Å². The van der Waals surface area contributed by atoms with E-state index in [4.69, 9.17) is 9.47 Å². The van der Waals surface area contributed by atoms with Crippen molar-refractivity contribution < 1.29 is 19.7 Å². The fourth-order valence-corrected chi connectivity index (χ4v) is 5.21. The number of phenolic OH excluding ortho intramolecular Hbond substituents is 2. The fourth-order valence-electron chi connectivity index (χ4n) is 5.21. The van der Waals surface area contributed by atoms with Crippen LogP contribution in [0.3, 0.4) is 0 Å². The second kappa shape index (κ2) is 12.2. The smallest absolute Gasteiger partial charge is 0.159 e. The van der Waals surface area contributed by atoms with E-state index in [2.05, 4.69) is 31.0 Å². The molecule has 47 heavy (non-hydrogen) atoms. The average Bonchev–Trinajstić information content (AvgIpc) is 3.68. The normalized spacial score (nSPS) is 11.2. The Kier molecular flexibility index (Phi) is 7.66. The van der Waals surface area contributed by atoms with Crippen LogP contribution in [-0.4, -0.2) is 53.7 Å². The van der Waals surface area contributed by atoms with E-state index in [1.165, 1.54) is 9.59 Å². The van der Waals surface area contributed by atoms with E-state index in [0.717, 1.165) is 28.1 Å². The molecule has 0 saturated carbocycles. The second-order valence-corrected chi connectivity index (χ2v) is 11.2. The summed E-state index contributed by atoms with van der Waals surface area (Å²) in [5.41, 5.74) is 8.25. The molecule has 236 valence electrons. The van der Waals surface area contributed by atoms with Crippen LogP contribution in [0.25, 0.3) is 33.4 Å². The predicted octanol–water partition coefficient (Wildman–Crippen LogP) is 6.39. The highest BCUT2D eigenvalue weighted by atomic mass is 16.5. The molecule has 12 heteroatoms. The summed E-state index contributed by atoms with van der Waals surface area (Å²) in [6.07, 6.45) is 0. The summed E-state index contributed by atoms with van der Waals surface area (Å²) >= 11 is 0. The molecule has 0 fully saturated rings. The van der Waals surface area contributed by atoms with Gasteiger partial charge in [0.2, 0.25) is 0 Å².